The van der Waals surface area contributed by atoms with Crippen molar-refractivity contribution in [3.05, 3.63) is 0 Å². The Hall–Kier alpha value is -0.610. The Balaban J connectivity index is 3.86. The minimum absolute atomic E-state index is 0.0261. The van der Waals surface area contributed by atoms with E-state index in [1.165, 1.54) is 0 Å². The van der Waals surface area contributed by atoms with E-state index < -0.39 is 0 Å². The molecule has 0 heterocycles. The Labute approximate surface area is 87.3 Å². The van der Waals surface area contributed by atoms with Gasteiger partial charge in [0.25, 0.3) is 0 Å². The first-order chi connectivity index (χ1) is 6.50. The van der Waals surface area contributed by atoms with Crippen molar-refractivity contribution in [2.45, 2.75) is 19.4 Å². The van der Waals surface area contributed by atoms with Gasteiger partial charge in [-0.05, 0) is 40.5 Å². The molecule has 0 aromatic heterocycles. The van der Waals surface area contributed by atoms with Crippen LogP contribution in [0.15, 0.2) is 0 Å². The quantitative estimate of drug-likeness (QED) is 0.615. The van der Waals surface area contributed by atoms with Crippen LogP contribution in [0.2, 0.25) is 0 Å². The van der Waals surface area contributed by atoms with Crippen molar-refractivity contribution in [1.29, 1.82) is 0 Å². The number of carbonyl (C=O) groups is 1. The van der Waals surface area contributed by atoms with Crippen LogP contribution in [-0.2, 0) is 4.79 Å². The molecule has 0 aromatic rings. The molecule has 0 fully saturated rings. The van der Waals surface area contributed by atoms with Gasteiger partial charge in [-0.3, -0.25) is 9.69 Å². The molecule has 4 heteroatoms. The molecule has 1 atom stereocenters. The van der Waals surface area contributed by atoms with Crippen molar-refractivity contribution in [3.63, 3.8) is 0 Å². The largest absolute Gasteiger partial charge is 0.347 e. The average molecular weight is 201 g/mol. The van der Waals surface area contributed by atoms with Crippen LogP contribution in [0.5, 0.6) is 0 Å². The van der Waals surface area contributed by atoms with E-state index in [1.54, 1.807) is 19.0 Å². The topological polar surface area (TPSA) is 35.6 Å². The minimum Gasteiger partial charge on any atom is -0.347 e. The lowest BCUT2D eigenvalue weighted by atomic mass is 10.2. The molecule has 0 aliphatic rings. The summed E-state index contributed by atoms with van der Waals surface area (Å²) in [5.41, 5.74) is 0. The lowest BCUT2D eigenvalue weighted by Gasteiger charge is -2.26. The van der Waals surface area contributed by atoms with Gasteiger partial charge in [0.15, 0.2) is 0 Å². The van der Waals surface area contributed by atoms with Gasteiger partial charge in [0.2, 0.25) is 5.91 Å². The first-order valence-corrected chi connectivity index (χ1v) is 5.06. The Morgan fingerprint density at radius 2 is 1.93 bits per heavy atom. The molecule has 1 unspecified atom stereocenters. The third-order valence-corrected chi connectivity index (χ3v) is 2.40. The average Bonchev–Trinajstić information content (AvgIpc) is 2.15. The van der Waals surface area contributed by atoms with E-state index in [9.17, 15) is 4.79 Å². The van der Waals surface area contributed by atoms with Gasteiger partial charge in [0.05, 0.1) is 6.04 Å². The fourth-order valence-electron chi connectivity index (χ4n) is 1.26. The van der Waals surface area contributed by atoms with Gasteiger partial charge in [-0.25, -0.2) is 0 Å². The molecule has 0 aliphatic heterocycles. The molecular formula is C10H23N3O. The highest BCUT2D eigenvalue weighted by molar-refractivity contribution is 5.80. The third kappa shape index (κ3) is 4.58. The highest BCUT2D eigenvalue weighted by atomic mass is 16.2. The highest BCUT2D eigenvalue weighted by Crippen LogP contribution is 1.99. The third-order valence-electron chi connectivity index (χ3n) is 2.40. The van der Waals surface area contributed by atoms with E-state index in [2.05, 4.69) is 10.2 Å². The number of nitrogens with one attached hydrogen (secondary N) is 1. The van der Waals surface area contributed by atoms with Gasteiger partial charge in [0, 0.05) is 14.1 Å². The van der Waals surface area contributed by atoms with Crippen molar-refractivity contribution in [2.24, 2.45) is 0 Å². The van der Waals surface area contributed by atoms with E-state index in [4.69, 9.17) is 0 Å². The van der Waals surface area contributed by atoms with Crippen LogP contribution in [-0.4, -0.2) is 63.0 Å². The summed E-state index contributed by atoms with van der Waals surface area (Å²) in [4.78, 5) is 15.3. The van der Waals surface area contributed by atoms with Gasteiger partial charge >= 0.3 is 0 Å². The smallest absolute Gasteiger partial charge is 0.239 e. The summed E-state index contributed by atoms with van der Waals surface area (Å²) in [7, 11) is 7.51. The van der Waals surface area contributed by atoms with Crippen LogP contribution < -0.4 is 5.32 Å². The first-order valence-electron chi connectivity index (χ1n) is 5.06. The number of hydrogen-bond acceptors (Lipinski definition) is 3. The molecule has 0 rings (SSSR count). The van der Waals surface area contributed by atoms with Gasteiger partial charge in [-0.2, -0.15) is 0 Å². The minimum atomic E-state index is -0.0261. The maximum absolute atomic E-state index is 11.6. The molecule has 0 aliphatic carbocycles. The van der Waals surface area contributed by atoms with Crippen LogP contribution in [0, 0.1) is 0 Å². The van der Waals surface area contributed by atoms with Crippen molar-refractivity contribution in [3.8, 4) is 0 Å². The maximum Gasteiger partial charge on any atom is 0.239 e. The molecule has 4 nitrogen and oxygen atoms in total. The zero-order valence-electron chi connectivity index (χ0n) is 10.0. The molecule has 0 spiro atoms. The second-order valence-electron chi connectivity index (χ2n) is 3.85. The van der Waals surface area contributed by atoms with E-state index in [0.717, 1.165) is 19.5 Å². The molecule has 0 bridgehead atoms. The summed E-state index contributed by atoms with van der Waals surface area (Å²) in [5, 5.41) is 3.09. The molecule has 0 radical (unpaired) electrons. The van der Waals surface area contributed by atoms with Crippen LogP contribution in [0.1, 0.15) is 13.3 Å². The Kier molecular flexibility index (Phi) is 6.49. The van der Waals surface area contributed by atoms with Gasteiger partial charge in [-0.15, -0.1) is 0 Å². The molecule has 1 amide bonds. The summed E-state index contributed by atoms with van der Waals surface area (Å²) < 4.78 is 0. The van der Waals surface area contributed by atoms with Crippen LogP contribution >= 0.6 is 0 Å². The van der Waals surface area contributed by atoms with Gasteiger partial charge in [-0.1, -0.05) is 0 Å². The molecular weight excluding hydrogens is 178 g/mol. The number of rotatable bonds is 6. The van der Waals surface area contributed by atoms with Crippen LogP contribution in [0.25, 0.3) is 0 Å². The van der Waals surface area contributed by atoms with Crippen LogP contribution in [0.3, 0.4) is 0 Å². The number of likely N-dealkylation sites (N-methyl/N-ethyl adjacent to an activating group) is 2. The second kappa shape index (κ2) is 6.79. The van der Waals surface area contributed by atoms with Crippen molar-refractivity contribution >= 4 is 5.91 Å². The molecule has 0 aromatic carbocycles. The summed E-state index contributed by atoms with van der Waals surface area (Å²) in [5.74, 6) is 0.164. The van der Waals surface area contributed by atoms with Crippen molar-refractivity contribution in [2.75, 3.05) is 41.3 Å². The fourth-order valence-corrected chi connectivity index (χ4v) is 1.26. The lowest BCUT2D eigenvalue weighted by Crippen LogP contribution is -2.43. The number of nitrogens with zero attached hydrogens (tertiary/aromatic N) is 2. The zero-order chi connectivity index (χ0) is 11.1. The predicted molar refractivity (Wildman–Crippen MR) is 59.3 cm³/mol. The molecule has 84 valence electrons. The monoisotopic (exact) mass is 201 g/mol. The molecule has 1 N–H and O–H groups in total. The van der Waals surface area contributed by atoms with E-state index in [0.29, 0.717) is 0 Å². The summed E-state index contributed by atoms with van der Waals surface area (Å²) >= 11 is 0. The Bertz CT molecular complexity index is 171. The van der Waals surface area contributed by atoms with Crippen LogP contribution in [0.4, 0.5) is 0 Å². The Morgan fingerprint density at radius 3 is 2.36 bits per heavy atom. The van der Waals surface area contributed by atoms with E-state index in [1.807, 2.05) is 21.0 Å². The Morgan fingerprint density at radius 1 is 1.36 bits per heavy atom. The SMILES string of the molecule is CNCCCN(C)C(C)C(=O)N(C)C. The summed E-state index contributed by atoms with van der Waals surface area (Å²) in [6.07, 6.45) is 1.07. The van der Waals surface area contributed by atoms with Gasteiger partial charge < -0.3 is 10.2 Å². The highest BCUT2D eigenvalue weighted by Gasteiger charge is 2.18. The molecule has 14 heavy (non-hydrogen) atoms. The normalized spacial score (nSPS) is 13.0. The maximum atomic E-state index is 11.6. The number of carbonyl (C=O) groups excluding carboxylic acids is 1. The standard InChI is InChI=1S/C10H23N3O/c1-9(10(14)12(3)4)13(5)8-6-7-11-2/h9,11H,6-8H2,1-5H3. The summed E-state index contributed by atoms with van der Waals surface area (Å²) in [6.45, 7) is 3.89. The molecule has 0 saturated carbocycles. The van der Waals surface area contributed by atoms with Gasteiger partial charge in [0.1, 0.15) is 0 Å². The lowest BCUT2D eigenvalue weighted by molar-refractivity contribution is -0.133. The first kappa shape index (κ1) is 13.4. The summed E-state index contributed by atoms with van der Waals surface area (Å²) in [6, 6.07) is -0.0261. The van der Waals surface area contributed by atoms with Crippen molar-refractivity contribution in [1.82, 2.24) is 15.1 Å². The fraction of sp³-hybridized carbons (Fsp3) is 0.900. The second-order valence-corrected chi connectivity index (χ2v) is 3.85. The number of amides is 1. The molecule has 0 saturated heterocycles. The predicted octanol–water partition coefficient (Wildman–Crippen LogP) is 0.00440. The zero-order valence-corrected chi connectivity index (χ0v) is 10.0. The van der Waals surface area contributed by atoms with E-state index in [-0.39, 0.29) is 11.9 Å². The van der Waals surface area contributed by atoms with E-state index >= 15 is 0 Å². The number of hydrogen-bond donors (Lipinski definition) is 1. The van der Waals surface area contributed by atoms with Crippen molar-refractivity contribution < 1.29 is 4.79 Å².